The van der Waals surface area contributed by atoms with Crippen molar-refractivity contribution in [3.8, 4) is 6.07 Å². The van der Waals surface area contributed by atoms with Crippen molar-refractivity contribution in [3.05, 3.63) is 64.7 Å². The number of nitrogens with zero attached hydrogens (tertiary/aromatic N) is 2. The average molecular weight is 377 g/mol. The Hall–Kier alpha value is -1.91. The number of quaternary nitrogens is 1. The van der Waals surface area contributed by atoms with Crippen LogP contribution in [0.1, 0.15) is 11.1 Å². The van der Waals surface area contributed by atoms with Crippen molar-refractivity contribution in [1.29, 1.82) is 5.26 Å². The van der Waals surface area contributed by atoms with Crippen molar-refractivity contribution in [2.24, 2.45) is 0 Å². The van der Waals surface area contributed by atoms with Crippen LogP contribution >= 0.6 is 11.6 Å². The molecule has 1 saturated heterocycles. The quantitative estimate of drug-likeness (QED) is 0.874. The van der Waals surface area contributed by atoms with E-state index in [1.54, 1.807) is 18.2 Å². The lowest BCUT2D eigenvalue weighted by molar-refractivity contribution is -0.917. The summed E-state index contributed by atoms with van der Waals surface area (Å²) in [6.45, 7) is 3.30. The molecule has 0 aliphatic carbocycles. The van der Waals surface area contributed by atoms with Gasteiger partial charge in [0.1, 0.15) is 6.54 Å². The fraction of sp³-hybridized carbons (Fsp3) is 0.278. The predicted molar refractivity (Wildman–Crippen MR) is 95.8 cm³/mol. The molecule has 2 aromatic carbocycles. The van der Waals surface area contributed by atoms with Crippen molar-refractivity contribution in [1.82, 2.24) is 4.31 Å². The molecule has 0 spiro atoms. The van der Waals surface area contributed by atoms with Gasteiger partial charge in [-0.25, -0.2) is 8.42 Å². The molecule has 0 aromatic heterocycles. The molecule has 1 N–H and O–H groups in total. The normalized spacial score (nSPS) is 16.5. The van der Waals surface area contributed by atoms with Crippen LogP contribution in [0, 0.1) is 11.3 Å². The molecule has 0 atom stereocenters. The second-order valence-electron chi connectivity index (χ2n) is 6.10. The predicted octanol–water partition coefficient (Wildman–Crippen LogP) is 1.30. The summed E-state index contributed by atoms with van der Waals surface area (Å²) in [7, 11) is -3.55. The minimum atomic E-state index is -3.55. The molecule has 0 saturated carbocycles. The third-order valence-corrected chi connectivity index (χ3v) is 6.54. The molecule has 1 fully saturated rings. The lowest BCUT2D eigenvalue weighted by Gasteiger charge is -2.31. The Morgan fingerprint density at radius 2 is 1.80 bits per heavy atom. The van der Waals surface area contributed by atoms with Crippen LogP contribution in [0.3, 0.4) is 0 Å². The van der Waals surface area contributed by atoms with Gasteiger partial charge >= 0.3 is 0 Å². The highest BCUT2D eigenvalue weighted by Gasteiger charge is 2.30. The Bertz CT molecular complexity index is 883. The van der Waals surface area contributed by atoms with E-state index in [0.29, 0.717) is 23.7 Å². The number of sulfonamides is 1. The van der Waals surface area contributed by atoms with E-state index in [0.717, 1.165) is 19.6 Å². The highest BCUT2D eigenvalue weighted by Crippen LogP contribution is 2.17. The van der Waals surface area contributed by atoms with Crippen LogP contribution in [0.15, 0.2) is 53.4 Å². The first kappa shape index (κ1) is 17.9. The number of piperazine rings is 1. The van der Waals surface area contributed by atoms with Crippen LogP contribution in [-0.2, 0) is 16.6 Å². The van der Waals surface area contributed by atoms with Crippen LogP contribution in [0.2, 0.25) is 5.02 Å². The maximum absolute atomic E-state index is 12.8. The first-order chi connectivity index (χ1) is 12.0. The summed E-state index contributed by atoms with van der Waals surface area (Å²) >= 11 is 5.90. The second-order valence-corrected chi connectivity index (χ2v) is 8.47. The van der Waals surface area contributed by atoms with Crippen molar-refractivity contribution in [2.45, 2.75) is 11.4 Å². The maximum Gasteiger partial charge on any atom is 0.243 e. The molecule has 1 aliphatic rings. The average Bonchev–Trinajstić information content (AvgIpc) is 2.64. The van der Waals surface area contributed by atoms with Crippen LogP contribution in [0.5, 0.6) is 0 Å². The van der Waals surface area contributed by atoms with Crippen LogP contribution in [-0.4, -0.2) is 38.9 Å². The Morgan fingerprint density at radius 1 is 1.12 bits per heavy atom. The Kier molecular flexibility index (Phi) is 5.40. The van der Waals surface area contributed by atoms with E-state index in [9.17, 15) is 8.42 Å². The highest BCUT2D eigenvalue weighted by molar-refractivity contribution is 7.89. The summed E-state index contributed by atoms with van der Waals surface area (Å²) in [6.07, 6.45) is 0. The molecule has 25 heavy (non-hydrogen) atoms. The van der Waals surface area contributed by atoms with Gasteiger partial charge in [0.15, 0.2) is 0 Å². The number of nitrogens with one attached hydrogen (secondary N) is 1. The summed E-state index contributed by atoms with van der Waals surface area (Å²) in [5.74, 6) is 0. The lowest BCUT2D eigenvalue weighted by Crippen LogP contribution is -3.13. The first-order valence-electron chi connectivity index (χ1n) is 8.07. The summed E-state index contributed by atoms with van der Waals surface area (Å²) in [5.41, 5.74) is 1.55. The van der Waals surface area contributed by atoms with Crippen molar-refractivity contribution >= 4 is 21.6 Å². The Balaban J connectivity index is 1.65. The SMILES string of the molecule is N#Cc1cccc(S(=O)(=O)N2CC[NH+](Cc3ccc(Cl)cc3)CC2)c1. The number of rotatable bonds is 4. The van der Waals surface area contributed by atoms with E-state index in [-0.39, 0.29) is 4.90 Å². The van der Waals surface area contributed by atoms with Gasteiger partial charge in [-0.05, 0) is 30.3 Å². The van der Waals surface area contributed by atoms with Gasteiger partial charge in [0.25, 0.3) is 0 Å². The zero-order chi connectivity index (χ0) is 17.9. The lowest BCUT2D eigenvalue weighted by atomic mass is 10.2. The molecule has 0 radical (unpaired) electrons. The van der Waals surface area contributed by atoms with Gasteiger partial charge in [0.2, 0.25) is 10.0 Å². The van der Waals surface area contributed by atoms with Gasteiger partial charge in [0, 0.05) is 10.6 Å². The molecule has 1 aliphatic heterocycles. The van der Waals surface area contributed by atoms with Gasteiger partial charge in [0.05, 0.1) is 42.7 Å². The second kappa shape index (κ2) is 7.54. The van der Waals surface area contributed by atoms with Gasteiger partial charge in [-0.3, -0.25) is 0 Å². The summed E-state index contributed by atoms with van der Waals surface area (Å²) in [6, 6.07) is 15.9. The molecule has 1 heterocycles. The largest absolute Gasteiger partial charge is 0.329 e. The minimum absolute atomic E-state index is 0.188. The van der Waals surface area contributed by atoms with E-state index in [1.807, 2.05) is 30.3 Å². The number of nitriles is 1. The molecule has 3 rings (SSSR count). The fourth-order valence-corrected chi connectivity index (χ4v) is 4.60. The standard InChI is InChI=1S/C18H18ClN3O2S/c19-17-6-4-15(5-7-17)14-21-8-10-22(11-9-21)25(23,24)18-3-1-2-16(12-18)13-20/h1-7,12H,8-11,14H2/p+1. The van der Waals surface area contributed by atoms with Crippen LogP contribution in [0.25, 0.3) is 0 Å². The molecule has 5 nitrogen and oxygen atoms in total. The van der Waals surface area contributed by atoms with Gasteiger partial charge in [-0.2, -0.15) is 9.57 Å². The Morgan fingerprint density at radius 3 is 2.44 bits per heavy atom. The summed E-state index contributed by atoms with van der Waals surface area (Å²) < 4.78 is 27.0. The molecule has 0 amide bonds. The number of hydrogen-bond acceptors (Lipinski definition) is 3. The van der Waals surface area contributed by atoms with E-state index in [1.165, 1.54) is 20.8 Å². The molecule has 0 bridgehead atoms. The third-order valence-electron chi connectivity index (χ3n) is 4.40. The summed E-state index contributed by atoms with van der Waals surface area (Å²) in [5, 5.41) is 9.68. The molecular weight excluding hydrogens is 358 g/mol. The van der Waals surface area contributed by atoms with Gasteiger partial charge < -0.3 is 4.90 Å². The number of benzene rings is 2. The molecule has 130 valence electrons. The zero-order valence-corrected chi connectivity index (χ0v) is 15.2. The zero-order valence-electron chi connectivity index (χ0n) is 13.7. The maximum atomic E-state index is 12.8. The van der Waals surface area contributed by atoms with Crippen LogP contribution < -0.4 is 4.90 Å². The smallest absolute Gasteiger partial charge is 0.243 e. The van der Waals surface area contributed by atoms with Gasteiger partial charge in [-0.1, -0.05) is 29.8 Å². The molecule has 2 aromatic rings. The monoisotopic (exact) mass is 376 g/mol. The van der Waals surface area contributed by atoms with Crippen molar-refractivity contribution in [3.63, 3.8) is 0 Å². The topological polar surface area (TPSA) is 65.6 Å². The Labute approximate surface area is 153 Å². The third kappa shape index (κ3) is 4.20. The van der Waals surface area contributed by atoms with Crippen molar-refractivity contribution < 1.29 is 13.3 Å². The minimum Gasteiger partial charge on any atom is -0.329 e. The molecule has 7 heteroatoms. The molecule has 0 unspecified atom stereocenters. The number of hydrogen-bond donors (Lipinski definition) is 1. The summed E-state index contributed by atoms with van der Waals surface area (Å²) in [4.78, 5) is 1.53. The fourth-order valence-electron chi connectivity index (χ4n) is 2.99. The first-order valence-corrected chi connectivity index (χ1v) is 9.89. The highest BCUT2D eigenvalue weighted by atomic mass is 35.5. The van der Waals surface area contributed by atoms with E-state index >= 15 is 0 Å². The van der Waals surface area contributed by atoms with Crippen LogP contribution in [0.4, 0.5) is 0 Å². The van der Waals surface area contributed by atoms with Crippen molar-refractivity contribution in [2.75, 3.05) is 26.2 Å². The van der Waals surface area contributed by atoms with E-state index in [4.69, 9.17) is 16.9 Å². The van der Waals surface area contributed by atoms with E-state index < -0.39 is 10.0 Å². The molecular formula is C18H19ClN3O2S+. The van der Waals surface area contributed by atoms with E-state index in [2.05, 4.69) is 0 Å². The van der Waals surface area contributed by atoms with Gasteiger partial charge in [-0.15, -0.1) is 0 Å². The number of halogens is 1.